The molecule has 2 aromatic rings. The number of nitrogens with two attached hydrogens (primary N) is 1. The molecular formula is C24H33N3. The lowest BCUT2D eigenvalue weighted by molar-refractivity contribution is 0.246. The second-order valence-electron chi connectivity index (χ2n) is 7.81. The molecule has 1 aliphatic rings. The van der Waals surface area contributed by atoms with Crippen molar-refractivity contribution in [3.8, 4) is 0 Å². The van der Waals surface area contributed by atoms with Crippen molar-refractivity contribution in [2.45, 2.75) is 44.1 Å². The second kappa shape index (κ2) is 9.20. The topological polar surface area (TPSA) is 50.1 Å². The van der Waals surface area contributed by atoms with Gasteiger partial charge in [-0.2, -0.15) is 0 Å². The Kier molecular flexibility index (Phi) is 6.70. The van der Waals surface area contributed by atoms with Crippen molar-refractivity contribution >= 4 is 5.70 Å². The zero-order valence-electron chi connectivity index (χ0n) is 16.5. The SMILES string of the molecule is C=C(NCC1(c2ccccc2)CCC(NCCN)CC1)c1ccccc1C. The molecule has 144 valence electrons. The van der Waals surface area contributed by atoms with Crippen LogP contribution in [0.5, 0.6) is 0 Å². The van der Waals surface area contributed by atoms with Gasteiger partial charge in [0.25, 0.3) is 0 Å². The van der Waals surface area contributed by atoms with Crippen LogP contribution in [0.1, 0.15) is 42.4 Å². The Morgan fingerprint density at radius 3 is 2.41 bits per heavy atom. The molecule has 0 amide bonds. The number of rotatable bonds is 8. The molecule has 27 heavy (non-hydrogen) atoms. The van der Waals surface area contributed by atoms with Gasteiger partial charge in [-0.3, -0.25) is 0 Å². The molecule has 0 atom stereocenters. The van der Waals surface area contributed by atoms with E-state index in [-0.39, 0.29) is 5.41 Å². The van der Waals surface area contributed by atoms with Crippen molar-refractivity contribution < 1.29 is 0 Å². The summed E-state index contributed by atoms with van der Waals surface area (Å²) in [5.74, 6) is 0. The fraction of sp³-hybridized carbons (Fsp3) is 0.417. The summed E-state index contributed by atoms with van der Waals surface area (Å²) in [6.45, 7) is 8.99. The first-order chi connectivity index (χ1) is 13.1. The summed E-state index contributed by atoms with van der Waals surface area (Å²) in [7, 11) is 0. The number of aryl methyl sites for hydroxylation is 1. The van der Waals surface area contributed by atoms with E-state index in [4.69, 9.17) is 5.73 Å². The molecular weight excluding hydrogens is 330 g/mol. The second-order valence-corrected chi connectivity index (χ2v) is 7.81. The van der Waals surface area contributed by atoms with E-state index in [0.717, 1.165) is 18.8 Å². The molecule has 1 fully saturated rings. The van der Waals surface area contributed by atoms with Crippen LogP contribution in [0.2, 0.25) is 0 Å². The highest BCUT2D eigenvalue weighted by atomic mass is 14.9. The molecule has 0 aromatic heterocycles. The van der Waals surface area contributed by atoms with Crippen LogP contribution in [-0.2, 0) is 5.41 Å². The lowest BCUT2D eigenvalue weighted by Crippen LogP contribution is -2.45. The number of benzene rings is 2. The minimum Gasteiger partial charge on any atom is -0.384 e. The van der Waals surface area contributed by atoms with E-state index in [2.05, 4.69) is 78.7 Å². The maximum atomic E-state index is 5.66. The Morgan fingerprint density at radius 1 is 1.07 bits per heavy atom. The molecule has 0 radical (unpaired) electrons. The van der Waals surface area contributed by atoms with Gasteiger partial charge in [0.2, 0.25) is 0 Å². The number of nitrogens with one attached hydrogen (secondary N) is 2. The van der Waals surface area contributed by atoms with E-state index in [0.29, 0.717) is 12.6 Å². The third kappa shape index (κ3) is 4.79. The van der Waals surface area contributed by atoms with E-state index in [9.17, 15) is 0 Å². The summed E-state index contributed by atoms with van der Waals surface area (Å²) >= 11 is 0. The Hall–Kier alpha value is -2.10. The van der Waals surface area contributed by atoms with Crippen molar-refractivity contribution in [1.29, 1.82) is 0 Å². The fourth-order valence-corrected chi connectivity index (χ4v) is 4.30. The van der Waals surface area contributed by atoms with Crippen molar-refractivity contribution in [1.82, 2.24) is 10.6 Å². The van der Waals surface area contributed by atoms with Gasteiger partial charge in [0, 0.05) is 36.8 Å². The summed E-state index contributed by atoms with van der Waals surface area (Å²) in [4.78, 5) is 0. The van der Waals surface area contributed by atoms with Gasteiger partial charge in [0.1, 0.15) is 0 Å². The van der Waals surface area contributed by atoms with Gasteiger partial charge in [-0.1, -0.05) is 61.2 Å². The highest BCUT2D eigenvalue weighted by Gasteiger charge is 2.36. The summed E-state index contributed by atoms with van der Waals surface area (Å²) in [6.07, 6.45) is 4.72. The van der Waals surface area contributed by atoms with Crippen molar-refractivity contribution in [3.05, 3.63) is 77.9 Å². The third-order valence-corrected chi connectivity index (χ3v) is 6.02. The quantitative estimate of drug-likeness (QED) is 0.665. The summed E-state index contributed by atoms with van der Waals surface area (Å²) < 4.78 is 0. The van der Waals surface area contributed by atoms with Crippen LogP contribution >= 0.6 is 0 Å². The molecule has 0 bridgehead atoms. The average molecular weight is 364 g/mol. The maximum Gasteiger partial charge on any atom is 0.0343 e. The number of hydrogen-bond acceptors (Lipinski definition) is 3. The van der Waals surface area contributed by atoms with Gasteiger partial charge >= 0.3 is 0 Å². The van der Waals surface area contributed by atoms with E-state index in [1.807, 2.05) is 0 Å². The monoisotopic (exact) mass is 363 g/mol. The highest BCUT2D eigenvalue weighted by molar-refractivity contribution is 5.64. The molecule has 3 nitrogen and oxygen atoms in total. The number of hydrogen-bond donors (Lipinski definition) is 3. The first-order valence-electron chi connectivity index (χ1n) is 10.1. The van der Waals surface area contributed by atoms with Crippen molar-refractivity contribution in [2.24, 2.45) is 5.73 Å². The molecule has 4 N–H and O–H groups in total. The molecule has 1 saturated carbocycles. The van der Waals surface area contributed by atoms with E-state index in [1.165, 1.54) is 42.4 Å². The zero-order valence-corrected chi connectivity index (χ0v) is 16.5. The van der Waals surface area contributed by atoms with Crippen LogP contribution in [0.25, 0.3) is 5.70 Å². The van der Waals surface area contributed by atoms with Crippen LogP contribution in [-0.4, -0.2) is 25.7 Å². The van der Waals surface area contributed by atoms with Crippen molar-refractivity contribution in [3.63, 3.8) is 0 Å². The zero-order chi connectivity index (χ0) is 19.1. The average Bonchev–Trinajstić information content (AvgIpc) is 2.72. The molecule has 0 aliphatic heterocycles. The van der Waals surface area contributed by atoms with E-state index >= 15 is 0 Å². The van der Waals surface area contributed by atoms with Crippen molar-refractivity contribution in [2.75, 3.05) is 19.6 Å². The fourth-order valence-electron chi connectivity index (χ4n) is 4.30. The molecule has 1 aliphatic carbocycles. The van der Waals surface area contributed by atoms with Gasteiger partial charge in [-0.15, -0.1) is 0 Å². The molecule has 3 rings (SSSR count). The van der Waals surface area contributed by atoms with Crippen LogP contribution in [0.3, 0.4) is 0 Å². The first kappa shape index (κ1) is 19.7. The molecule has 0 spiro atoms. The van der Waals surface area contributed by atoms with Crippen LogP contribution < -0.4 is 16.4 Å². The minimum atomic E-state index is 0.160. The lowest BCUT2D eigenvalue weighted by Gasteiger charge is -2.41. The van der Waals surface area contributed by atoms with Gasteiger partial charge < -0.3 is 16.4 Å². The predicted octanol–water partition coefficient (Wildman–Crippen LogP) is 3.98. The Bertz CT molecular complexity index is 730. The summed E-state index contributed by atoms with van der Waals surface area (Å²) in [6, 6.07) is 20.0. The normalized spacial score (nSPS) is 22.4. The minimum absolute atomic E-state index is 0.160. The standard InChI is InChI=1S/C24H33N3/c1-19-8-6-7-11-23(19)20(2)27-18-24(21-9-4-3-5-10-21)14-12-22(13-15-24)26-17-16-25/h3-11,22,26-27H,2,12-18,25H2,1H3. The maximum absolute atomic E-state index is 5.66. The third-order valence-electron chi connectivity index (χ3n) is 6.02. The highest BCUT2D eigenvalue weighted by Crippen LogP contribution is 2.39. The molecule has 0 unspecified atom stereocenters. The van der Waals surface area contributed by atoms with E-state index in [1.54, 1.807) is 0 Å². The van der Waals surface area contributed by atoms with Crippen LogP contribution in [0, 0.1) is 6.92 Å². The van der Waals surface area contributed by atoms with Crippen LogP contribution in [0.4, 0.5) is 0 Å². The Morgan fingerprint density at radius 2 is 1.74 bits per heavy atom. The van der Waals surface area contributed by atoms with Gasteiger partial charge in [-0.25, -0.2) is 0 Å². The van der Waals surface area contributed by atoms with Gasteiger partial charge in [-0.05, 0) is 49.3 Å². The summed E-state index contributed by atoms with van der Waals surface area (Å²) in [5.41, 5.74) is 10.7. The molecule has 2 aromatic carbocycles. The Balaban J connectivity index is 1.72. The van der Waals surface area contributed by atoms with Crippen LogP contribution in [0.15, 0.2) is 61.2 Å². The lowest BCUT2D eigenvalue weighted by atomic mass is 9.68. The van der Waals surface area contributed by atoms with E-state index < -0.39 is 0 Å². The first-order valence-corrected chi connectivity index (χ1v) is 10.1. The Labute approximate surface area is 164 Å². The smallest absolute Gasteiger partial charge is 0.0343 e. The molecule has 0 saturated heterocycles. The van der Waals surface area contributed by atoms with Gasteiger partial charge in [0.15, 0.2) is 0 Å². The van der Waals surface area contributed by atoms with Gasteiger partial charge in [0.05, 0.1) is 0 Å². The summed E-state index contributed by atoms with van der Waals surface area (Å²) in [5, 5.41) is 7.27. The predicted molar refractivity (Wildman–Crippen MR) is 116 cm³/mol. The largest absolute Gasteiger partial charge is 0.384 e. The molecule has 3 heteroatoms. The molecule has 0 heterocycles.